The summed E-state index contributed by atoms with van der Waals surface area (Å²) in [7, 11) is 0. The van der Waals surface area contributed by atoms with Crippen LogP contribution in [0.1, 0.15) is 113 Å². The molecule has 5 nitrogen and oxygen atoms in total. The molecule has 5 aliphatic carbocycles. The monoisotopic (exact) mass is 514 g/mol. The van der Waals surface area contributed by atoms with E-state index in [-0.39, 0.29) is 45.6 Å². The van der Waals surface area contributed by atoms with Gasteiger partial charge >= 0.3 is 11.9 Å². The smallest absolute Gasteiger partial charge is 0.310 e. The fourth-order valence-corrected chi connectivity index (χ4v) is 11.2. The summed E-state index contributed by atoms with van der Waals surface area (Å²) in [5, 5.41) is 22.5. The highest BCUT2D eigenvalue weighted by Gasteiger charge is 2.71. The highest BCUT2D eigenvalue weighted by Crippen LogP contribution is 2.76. The van der Waals surface area contributed by atoms with Crippen molar-refractivity contribution in [3.63, 3.8) is 0 Å². The van der Waals surface area contributed by atoms with Gasteiger partial charge in [0.05, 0.1) is 11.0 Å². The predicted octanol–water partition coefficient (Wildman–Crippen LogP) is 6.78. The number of carbonyl (C=O) groups excluding carboxylic acids is 1. The second-order valence-corrected chi connectivity index (χ2v) is 15.3. The van der Waals surface area contributed by atoms with E-state index < -0.39 is 17.0 Å². The first kappa shape index (κ1) is 27.2. The molecular formula is C32H50O5. The van der Waals surface area contributed by atoms with Crippen LogP contribution in [0.5, 0.6) is 0 Å². The van der Waals surface area contributed by atoms with Crippen LogP contribution in [0.2, 0.25) is 0 Å². The Morgan fingerprint density at radius 1 is 0.919 bits per heavy atom. The van der Waals surface area contributed by atoms with Gasteiger partial charge in [-0.2, -0.15) is 0 Å². The quantitative estimate of drug-likeness (QED) is 0.314. The van der Waals surface area contributed by atoms with Crippen molar-refractivity contribution in [3.05, 3.63) is 11.6 Å². The number of fused-ring (bicyclic) bond motifs is 7. The summed E-state index contributed by atoms with van der Waals surface area (Å²) >= 11 is 0. The lowest BCUT2D eigenvalue weighted by Crippen LogP contribution is -2.67. The first-order valence-corrected chi connectivity index (χ1v) is 14.8. The minimum Gasteiger partial charge on any atom is -0.481 e. The fraction of sp³-hybridized carbons (Fsp3) is 0.875. The van der Waals surface area contributed by atoms with Crippen LogP contribution in [-0.4, -0.2) is 33.9 Å². The van der Waals surface area contributed by atoms with Gasteiger partial charge in [-0.1, -0.05) is 53.2 Å². The van der Waals surface area contributed by atoms with Crippen LogP contribution in [0.3, 0.4) is 0 Å². The van der Waals surface area contributed by atoms with E-state index >= 15 is 0 Å². The molecule has 10 atom stereocenters. The second-order valence-electron chi connectivity index (χ2n) is 15.3. The Kier molecular flexibility index (Phi) is 5.95. The van der Waals surface area contributed by atoms with Gasteiger partial charge in [0.1, 0.15) is 6.10 Å². The van der Waals surface area contributed by atoms with E-state index in [1.807, 2.05) is 6.92 Å². The van der Waals surface area contributed by atoms with Gasteiger partial charge in [-0.3, -0.25) is 9.59 Å². The number of esters is 1. The van der Waals surface area contributed by atoms with Crippen molar-refractivity contribution in [1.29, 1.82) is 0 Å². The van der Waals surface area contributed by atoms with E-state index in [9.17, 15) is 19.8 Å². The lowest BCUT2D eigenvalue weighted by molar-refractivity contribution is -0.221. The minimum atomic E-state index is -1.03. The van der Waals surface area contributed by atoms with Gasteiger partial charge in [0.15, 0.2) is 0 Å². The second kappa shape index (κ2) is 8.08. The SMILES string of the molecule is CC(=O)O[C@H]1CC[C@]2(C)C3CC=C4C5[C@](C(=O)O)(CC[C@@H](C)[C@@]5(C)O)CC[C@@]4(C)[C@]3(C)CC[C@H]2C1(C)C. The van der Waals surface area contributed by atoms with E-state index in [2.05, 4.69) is 47.6 Å². The van der Waals surface area contributed by atoms with E-state index in [4.69, 9.17) is 4.74 Å². The number of aliphatic hydroxyl groups is 1. The van der Waals surface area contributed by atoms with Gasteiger partial charge in [-0.25, -0.2) is 0 Å². The summed E-state index contributed by atoms with van der Waals surface area (Å²) in [5.74, 6) is -0.217. The van der Waals surface area contributed by atoms with Crippen LogP contribution >= 0.6 is 0 Å². The van der Waals surface area contributed by atoms with Crippen molar-refractivity contribution < 1.29 is 24.5 Å². The maximum Gasteiger partial charge on any atom is 0.310 e. The molecule has 5 rings (SSSR count). The molecule has 2 unspecified atom stereocenters. The van der Waals surface area contributed by atoms with Crippen molar-refractivity contribution in [1.82, 2.24) is 0 Å². The Balaban J connectivity index is 1.59. The molecule has 0 aliphatic heterocycles. The fourth-order valence-electron chi connectivity index (χ4n) is 11.2. The number of carboxylic acids is 1. The number of allylic oxidation sites excluding steroid dienone is 1. The Bertz CT molecular complexity index is 1030. The normalized spacial score (nSPS) is 52.5. The lowest BCUT2D eigenvalue weighted by atomic mass is 9.33. The third-order valence-electron chi connectivity index (χ3n) is 13.7. The van der Waals surface area contributed by atoms with Crippen molar-refractivity contribution in [3.8, 4) is 0 Å². The van der Waals surface area contributed by atoms with E-state index in [1.165, 1.54) is 12.5 Å². The molecule has 5 aliphatic rings. The molecule has 37 heavy (non-hydrogen) atoms. The van der Waals surface area contributed by atoms with E-state index in [0.29, 0.717) is 24.7 Å². The Labute approximate surface area is 223 Å². The third kappa shape index (κ3) is 3.31. The van der Waals surface area contributed by atoms with Crippen molar-refractivity contribution >= 4 is 11.9 Å². The minimum absolute atomic E-state index is 0.0358. The summed E-state index contributed by atoms with van der Waals surface area (Å²) in [6, 6.07) is 0. The third-order valence-corrected chi connectivity index (χ3v) is 13.7. The Morgan fingerprint density at radius 3 is 2.22 bits per heavy atom. The lowest BCUT2D eigenvalue weighted by Gasteiger charge is -2.71. The van der Waals surface area contributed by atoms with Gasteiger partial charge in [0.25, 0.3) is 0 Å². The molecule has 0 spiro atoms. The number of hydrogen-bond donors (Lipinski definition) is 2. The molecule has 0 radical (unpaired) electrons. The molecule has 0 amide bonds. The molecular weight excluding hydrogens is 464 g/mol. The van der Waals surface area contributed by atoms with Gasteiger partial charge in [0, 0.05) is 18.3 Å². The van der Waals surface area contributed by atoms with Gasteiger partial charge in [-0.15, -0.1) is 0 Å². The highest BCUT2D eigenvalue weighted by molar-refractivity contribution is 5.77. The molecule has 2 N–H and O–H groups in total. The van der Waals surface area contributed by atoms with Gasteiger partial charge in [0.2, 0.25) is 0 Å². The average molecular weight is 515 g/mol. The van der Waals surface area contributed by atoms with Crippen molar-refractivity contribution in [2.75, 3.05) is 0 Å². The molecule has 4 fully saturated rings. The van der Waals surface area contributed by atoms with Gasteiger partial charge < -0.3 is 14.9 Å². The predicted molar refractivity (Wildman–Crippen MR) is 144 cm³/mol. The number of ether oxygens (including phenoxy) is 1. The molecule has 0 aromatic rings. The number of carboxylic acid groups (broad SMARTS) is 1. The zero-order valence-electron chi connectivity index (χ0n) is 24.4. The number of hydrogen-bond acceptors (Lipinski definition) is 4. The van der Waals surface area contributed by atoms with Crippen LogP contribution in [0.15, 0.2) is 11.6 Å². The highest BCUT2D eigenvalue weighted by atomic mass is 16.5. The largest absolute Gasteiger partial charge is 0.481 e. The van der Waals surface area contributed by atoms with Crippen LogP contribution in [-0.2, 0) is 14.3 Å². The Morgan fingerprint density at radius 2 is 1.59 bits per heavy atom. The molecule has 0 bridgehead atoms. The van der Waals surface area contributed by atoms with Crippen molar-refractivity contribution in [2.45, 2.75) is 125 Å². The molecule has 208 valence electrons. The average Bonchev–Trinajstić information content (AvgIpc) is 2.78. The maximum absolute atomic E-state index is 12.9. The summed E-state index contributed by atoms with van der Waals surface area (Å²) < 4.78 is 5.86. The molecule has 5 heteroatoms. The van der Waals surface area contributed by atoms with Gasteiger partial charge in [-0.05, 0) is 98.7 Å². The summed E-state index contributed by atoms with van der Waals surface area (Å²) in [5.41, 5.74) is -0.708. The van der Waals surface area contributed by atoms with Crippen LogP contribution in [0, 0.1) is 50.7 Å². The Hall–Kier alpha value is -1.36. The topological polar surface area (TPSA) is 83.8 Å². The first-order valence-electron chi connectivity index (χ1n) is 14.8. The first-order chi connectivity index (χ1) is 17.0. The molecule has 4 saturated carbocycles. The van der Waals surface area contributed by atoms with Crippen LogP contribution in [0.25, 0.3) is 0 Å². The maximum atomic E-state index is 12.9. The summed E-state index contributed by atoms with van der Waals surface area (Å²) in [6.45, 7) is 17.5. The molecule has 0 saturated heterocycles. The number of rotatable bonds is 2. The van der Waals surface area contributed by atoms with Crippen LogP contribution < -0.4 is 0 Å². The molecule has 0 heterocycles. The van der Waals surface area contributed by atoms with E-state index in [0.717, 1.165) is 44.9 Å². The molecule has 0 aromatic heterocycles. The molecule has 0 aromatic carbocycles. The zero-order chi connectivity index (χ0) is 27.4. The van der Waals surface area contributed by atoms with E-state index in [1.54, 1.807) is 0 Å². The van der Waals surface area contributed by atoms with Crippen LogP contribution in [0.4, 0.5) is 0 Å². The summed E-state index contributed by atoms with van der Waals surface area (Å²) in [4.78, 5) is 24.8. The standard InChI is InChI=1S/C32H50O5/c1-19-11-16-32(26(34)35)18-17-29(6)21(25(32)31(19,8)36)9-10-23-28(5)14-13-24(37-20(2)33)27(3,4)22(28)12-15-30(23,29)7/h9,19,22-25,36H,10-18H2,1-8H3,(H,34,35)/t19-,22+,23?,24+,25?,28+,29-,30-,31-,32+/m1/s1. The summed E-state index contributed by atoms with van der Waals surface area (Å²) in [6.07, 6.45) is 10.4. The number of carbonyl (C=O) groups is 2. The van der Waals surface area contributed by atoms with Crippen molar-refractivity contribution in [2.24, 2.45) is 50.7 Å². The zero-order valence-corrected chi connectivity index (χ0v) is 24.4. The number of aliphatic carboxylic acids is 1.